The zero-order valence-electron chi connectivity index (χ0n) is 17.4. The number of rotatable bonds is 4. The Labute approximate surface area is 181 Å². The summed E-state index contributed by atoms with van der Waals surface area (Å²) in [6.45, 7) is 1.39. The van der Waals surface area contributed by atoms with Gasteiger partial charge in [-0.2, -0.15) is 0 Å². The average molecular weight is 414 g/mol. The number of nitrogens with one attached hydrogen (secondary N) is 3. The van der Waals surface area contributed by atoms with Crippen LogP contribution >= 0.6 is 0 Å². The third kappa shape index (κ3) is 3.24. The van der Waals surface area contributed by atoms with E-state index in [0.717, 1.165) is 37.1 Å². The van der Waals surface area contributed by atoms with Gasteiger partial charge in [-0.1, -0.05) is 30.4 Å². The largest absolute Gasteiger partial charge is 0.378 e. The van der Waals surface area contributed by atoms with Crippen LogP contribution in [0.15, 0.2) is 60.8 Å². The summed E-state index contributed by atoms with van der Waals surface area (Å²) < 4.78 is 5.63. The topological polar surface area (TPSA) is 66.1 Å². The number of H-pyrrole nitrogens is 1. The van der Waals surface area contributed by atoms with Gasteiger partial charge in [0.05, 0.1) is 12.1 Å². The number of allylic oxidation sites excluding steroid dienone is 2. The van der Waals surface area contributed by atoms with E-state index in [4.69, 9.17) is 4.74 Å². The number of fused-ring (bicyclic) bond motifs is 4. The molecule has 3 aliphatic rings. The fraction of sp³-hybridized carbons (Fsp3) is 0.346. The summed E-state index contributed by atoms with van der Waals surface area (Å²) in [5, 5.41) is 8.12. The van der Waals surface area contributed by atoms with Crippen LogP contribution in [-0.2, 0) is 4.74 Å². The van der Waals surface area contributed by atoms with Gasteiger partial charge in [0.2, 0.25) is 0 Å². The molecule has 1 aromatic heterocycles. The smallest absolute Gasteiger partial charge is 0.251 e. The Kier molecular flexibility index (Phi) is 4.57. The molecule has 0 saturated carbocycles. The molecule has 1 amide bonds. The molecule has 0 spiro atoms. The first-order chi connectivity index (χ1) is 15.3. The minimum absolute atomic E-state index is 0.0180. The van der Waals surface area contributed by atoms with Crippen molar-refractivity contribution in [2.75, 3.05) is 18.5 Å². The van der Waals surface area contributed by atoms with Crippen molar-refractivity contribution in [1.82, 2.24) is 10.3 Å². The zero-order valence-corrected chi connectivity index (χ0v) is 17.4. The first-order valence-corrected chi connectivity index (χ1v) is 11.3. The van der Waals surface area contributed by atoms with Crippen molar-refractivity contribution in [3.63, 3.8) is 0 Å². The van der Waals surface area contributed by atoms with E-state index in [1.165, 1.54) is 22.0 Å². The molecular weight excluding hydrogens is 386 g/mol. The highest BCUT2D eigenvalue weighted by Gasteiger charge is 2.39. The Morgan fingerprint density at radius 3 is 3.00 bits per heavy atom. The summed E-state index contributed by atoms with van der Waals surface area (Å²) in [6, 6.07) is 14.8. The summed E-state index contributed by atoms with van der Waals surface area (Å²) in [5.41, 5.74) is 5.56. The number of hydrogen-bond donors (Lipinski definition) is 3. The average Bonchev–Trinajstić information content (AvgIpc) is 3.57. The van der Waals surface area contributed by atoms with Crippen molar-refractivity contribution in [3.8, 4) is 0 Å². The van der Waals surface area contributed by atoms with Crippen molar-refractivity contribution >= 4 is 22.5 Å². The fourth-order valence-electron chi connectivity index (χ4n) is 5.51. The van der Waals surface area contributed by atoms with Crippen molar-refractivity contribution in [2.24, 2.45) is 5.92 Å². The van der Waals surface area contributed by atoms with Crippen molar-refractivity contribution in [1.29, 1.82) is 0 Å². The third-order valence-corrected chi connectivity index (χ3v) is 7.10. The Bertz CT molecular complexity index is 1160. The van der Waals surface area contributed by atoms with E-state index in [9.17, 15) is 4.79 Å². The van der Waals surface area contributed by atoms with E-state index in [1.54, 1.807) is 0 Å². The number of hydrogen-bond acceptors (Lipinski definition) is 3. The molecule has 3 aromatic rings. The van der Waals surface area contributed by atoms with Gasteiger partial charge < -0.3 is 20.4 Å². The molecule has 2 aliphatic heterocycles. The normalized spacial score (nSPS) is 26.5. The van der Waals surface area contributed by atoms with E-state index >= 15 is 0 Å². The van der Waals surface area contributed by atoms with Gasteiger partial charge in [0, 0.05) is 47.4 Å². The molecule has 1 aliphatic carbocycles. The Hall–Kier alpha value is -3.05. The van der Waals surface area contributed by atoms with Crippen LogP contribution in [-0.4, -0.2) is 30.1 Å². The second-order valence-electron chi connectivity index (χ2n) is 8.91. The lowest BCUT2D eigenvalue weighted by Gasteiger charge is -2.37. The predicted octanol–water partition coefficient (Wildman–Crippen LogP) is 4.90. The van der Waals surface area contributed by atoms with Crippen LogP contribution < -0.4 is 10.6 Å². The number of aromatic nitrogens is 1. The van der Waals surface area contributed by atoms with Gasteiger partial charge in [0.1, 0.15) is 0 Å². The maximum Gasteiger partial charge on any atom is 0.251 e. The molecule has 0 bridgehead atoms. The number of carbonyl (C=O) groups is 1. The molecular formula is C26H27N3O2. The molecule has 4 atom stereocenters. The number of para-hydroxylation sites is 1. The van der Waals surface area contributed by atoms with Gasteiger partial charge in [-0.25, -0.2) is 0 Å². The van der Waals surface area contributed by atoms with Gasteiger partial charge >= 0.3 is 0 Å². The maximum atomic E-state index is 12.8. The van der Waals surface area contributed by atoms with Crippen LogP contribution in [0.5, 0.6) is 0 Å². The highest BCUT2D eigenvalue weighted by molar-refractivity contribution is 5.95. The molecule has 3 N–H and O–H groups in total. The monoisotopic (exact) mass is 413 g/mol. The number of anilines is 1. The number of amides is 1. The lowest BCUT2D eigenvalue weighted by atomic mass is 9.76. The SMILES string of the molecule is O=C(NCC1CCCO1)c1ccc2c(c1)C1C=CCC1C(c1c[nH]c3ccccc13)N2. The summed E-state index contributed by atoms with van der Waals surface area (Å²) >= 11 is 0. The van der Waals surface area contributed by atoms with Gasteiger partial charge in [0.15, 0.2) is 0 Å². The van der Waals surface area contributed by atoms with E-state index < -0.39 is 0 Å². The molecule has 158 valence electrons. The Morgan fingerprint density at radius 1 is 1.16 bits per heavy atom. The van der Waals surface area contributed by atoms with Gasteiger partial charge in [-0.05, 0) is 60.6 Å². The fourth-order valence-corrected chi connectivity index (χ4v) is 5.51. The summed E-state index contributed by atoms with van der Waals surface area (Å²) in [7, 11) is 0. The maximum absolute atomic E-state index is 12.8. The van der Waals surface area contributed by atoms with Crippen LogP contribution in [0.2, 0.25) is 0 Å². The van der Waals surface area contributed by atoms with Crippen LogP contribution in [0.3, 0.4) is 0 Å². The summed E-state index contributed by atoms with van der Waals surface area (Å²) in [5.74, 6) is 0.744. The second kappa shape index (κ2) is 7.57. The summed E-state index contributed by atoms with van der Waals surface area (Å²) in [6.07, 6.45) is 10.1. The molecule has 4 unspecified atom stereocenters. The van der Waals surface area contributed by atoms with Gasteiger partial charge in [0.25, 0.3) is 5.91 Å². The molecule has 2 aromatic carbocycles. The van der Waals surface area contributed by atoms with E-state index in [-0.39, 0.29) is 18.1 Å². The van der Waals surface area contributed by atoms with Crippen LogP contribution in [0.1, 0.15) is 52.7 Å². The van der Waals surface area contributed by atoms with Crippen LogP contribution in [0.25, 0.3) is 10.9 Å². The standard InChI is InChI=1S/C26H27N3O2/c30-26(28-14-17-5-4-12-31-17)16-10-11-24-21(13-16)18-7-3-8-20(18)25(29-24)22-15-27-23-9-2-1-6-19(22)23/h1-3,6-7,9-11,13,15,17-18,20,25,27,29H,4-5,8,12,14H2,(H,28,30). The third-order valence-electron chi connectivity index (χ3n) is 7.10. The van der Waals surface area contributed by atoms with E-state index in [2.05, 4.69) is 70.4 Å². The highest BCUT2D eigenvalue weighted by atomic mass is 16.5. The molecule has 3 heterocycles. The van der Waals surface area contributed by atoms with Crippen molar-refractivity contribution < 1.29 is 9.53 Å². The Morgan fingerprint density at radius 2 is 2.10 bits per heavy atom. The summed E-state index contributed by atoms with van der Waals surface area (Å²) in [4.78, 5) is 16.2. The lowest BCUT2D eigenvalue weighted by molar-refractivity contribution is 0.0857. The quantitative estimate of drug-likeness (QED) is 0.533. The number of aromatic amines is 1. The predicted molar refractivity (Wildman–Crippen MR) is 122 cm³/mol. The minimum Gasteiger partial charge on any atom is -0.378 e. The molecule has 1 fully saturated rings. The molecule has 31 heavy (non-hydrogen) atoms. The number of ether oxygens (including phenoxy) is 1. The van der Waals surface area contributed by atoms with Crippen molar-refractivity contribution in [2.45, 2.75) is 37.3 Å². The number of carbonyl (C=O) groups excluding carboxylic acids is 1. The molecule has 1 saturated heterocycles. The first-order valence-electron chi connectivity index (χ1n) is 11.3. The second-order valence-corrected chi connectivity index (χ2v) is 8.91. The van der Waals surface area contributed by atoms with E-state index in [1.807, 2.05) is 6.07 Å². The molecule has 0 radical (unpaired) electrons. The van der Waals surface area contributed by atoms with Gasteiger partial charge in [-0.15, -0.1) is 0 Å². The van der Waals surface area contributed by atoms with Crippen LogP contribution in [0, 0.1) is 5.92 Å². The number of benzene rings is 2. The highest BCUT2D eigenvalue weighted by Crippen LogP contribution is 2.50. The van der Waals surface area contributed by atoms with Crippen LogP contribution in [0.4, 0.5) is 5.69 Å². The van der Waals surface area contributed by atoms with Crippen molar-refractivity contribution in [3.05, 3.63) is 77.5 Å². The minimum atomic E-state index is -0.0180. The van der Waals surface area contributed by atoms with E-state index in [0.29, 0.717) is 18.4 Å². The molecule has 5 nitrogen and oxygen atoms in total. The molecule has 6 rings (SSSR count). The van der Waals surface area contributed by atoms with Gasteiger partial charge in [-0.3, -0.25) is 4.79 Å². The lowest BCUT2D eigenvalue weighted by Crippen LogP contribution is -2.32. The Balaban J connectivity index is 1.28. The molecule has 5 heteroatoms. The zero-order chi connectivity index (χ0) is 20.8. The first kappa shape index (κ1) is 18.7.